The summed E-state index contributed by atoms with van der Waals surface area (Å²) in [5, 5.41) is 5.06. The number of nitrogens with one attached hydrogen (secondary N) is 1. The molecule has 3 nitrogen and oxygen atoms in total. The molecule has 0 bridgehead atoms. The number of rotatable bonds is 6. The van der Waals surface area contributed by atoms with Gasteiger partial charge in [0, 0.05) is 42.8 Å². The molecule has 1 aromatic heterocycles. The predicted molar refractivity (Wildman–Crippen MR) is 109 cm³/mol. The lowest BCUT2D eigenvalue weighted by atomic mass is 9.95. The van der Waals surface area contributed by atoms with Gasteiger partial charge in [0.05, 0.1) is 0 Å². The van der Waals surface area contributed by atoms with E-state index in [1.807, 2.05) is 0 Å². The fourth-order valence-electron chi connectivity index (χ4n) is 4.37. The molecule has 0 unspecified atom stereocenters. The van der Waals surface area contributed by atoms with Crippen LogP contribution in [0.4, 0.5) is 0 Å². The van der Waals surface area contributed by atoms with Gasteiger partial charge in [-0.15, -0.1) is 0 Å². The Hall–Kier alpha value is -2.10. The SMILES string of the molecule is CCn1c2c(c3cc(CNCc4cccc(CN)c4)ccc31)CCCC2. The molecule has 2 aromatic carbocycles. The van der Waals surface area contributed by atoms with Crippen molar-refractivity contribution >= 4 is 10.9 Å². The summed E-state index contributed by atoms with van der Waals surface area (Å²) in [6.07, 6.45) is 5.14. The Kier molecular flexibility index (Phi) is 5.09. The molecule has 4 rings (SSSR count). The van der Waals surface area contributed by atoms with Crippen LogP contribution >= 0.6 is 0 Å². The van der Waals surface area contributed by atoms with E-state index in [1.54, 1.807) is 11.3 Å². The molecule has 0 saturated heterocycles. The zero-order chi connectivity index (χ0) is 17.9. The normalized spacial score (nSPS) is 13.9. The van der Waals surface area contributed by atoms with Gasteiger partial charge < -0.3 is 15.6 Å². The van der Waals surface area contributed by atoms with E-state index in [9.17, 15) is 0 Å². The molecule has 136 valence electrons. The summed E-state index contributed by atoms with van der Waals surface area (Å²) in [7, 11) is 0. The van der Waals surface area contributed by atoms with Gasteiger partial charge in [-0.05, 0) is 67.0 Å². The van der Waals surface area contributed by atoms with Crippen molar-refractivity contribution in [1.29, 1.82) is 0 Å². The Balaban J connectivity index is 1.52. The van der Waals surface area contributed by atoms with Gasteiger partial charge in [-0.2, -0.15) is 0 Å². The van der Waals surface area contributed by atoms with Crippen molar-refractivity contribution in [2.24, 2.45) is 5.73 Å². The third-order valence-corrected chi connectivity index (χ3v) is 5.64. The third-order valence-electron chi connectivity index (χ3n) is 5.64. The monoisotopic (exact) mass is 347 g/mol. The van der Waals surface area contributed by atoms with Gasteiger partial charge in [0.2, 0.25) is 0 Å². The third kappa shape index (κ3) is 3.29. The molecular formula is C23H29N3. The molecule has 0 amide bonds. The average Bonchev–Trinajstić information content (AvgIpc) is 3.01. The fraction of sp³-hybridized carbons (Fsp3) is 0.391. The molecule has 1 aliphatic carbocycles. The molecule has 3 heteroatoms. The molecule has 3 N–H and O–H groups in total. The maximum Gasteiger partial charge on any atom is 0.0485 e. The molecule has 0 aliphatic heterocycles. The molecule has 0 saturated carbocycles. The van der Waals surface area contributed by atoms with E-state index in [1.165, 1.54) is 53.3 Å². The molecular weight excluding hydrogens is 318 g/mol. The second-order valence-electron chi connectivity index (χ2n) is 7.36. The van der Waals surface area contributed by atoms with Crippen LogP contribution < -0.4 is 11.1 Å². The Labute approximate surface area is 156 Å². The van der Waals surface area contributed by atoms with Gasteiger partial charge in [0.15, 0.2) is 0 Å². The van der Waals surface area contributed by atoms with E-state index in [4.69, 9.17) is 5.73 Å². The van der Waals surface area contributed by atoms with Crippen LogP contribution in [0.5, 0.6) is 0 Å². The molecule has 26 heavy (non-hydrogen) atoms. The highest BCUT2D eigenvalue weighted by atomic mass is 15.0. The summed E-state index contributed by atoms with van der Waals surface area (Å²) in [6.45, 7) is 5.71. The first kappa shape index (κ1) is 17.3. The highest BCUT2D eigenvalue weighted by Gasteiger charge is 2.19. The molecule has 1 heterocycles. The molecule has 0 spiro atoms. The van der Waals surface area contributed by atoms with Crippen LogP contribution in [0.2, 0.25) is 0 Å². The summed E-state index contributed by atoms with van der Waals surface area (Å²) in [6, 6.07) is 15.5. The fourth-order valence-corrected chi connectivity index (χ4v) is 4.37. The maximum absolute atomic E-state index is 5.74. The van der Waals surface area contributed by atoms with E-state index < -0.39 is 0 Å². The highest BCUT2D eigenvalue weighted by Crippen LogP contribution is 2.32. The largest absolute Gasteiger partial charge is 0.345 e. The lowest BCUT2D eigenvalue weighted by Crippen LogP contribution is -2.13. The summed E-state index contributed by atoms with van der Waals surface area (Å²) in [4.78, 5) is 0. The molecule has 0 fully saturated rings. The number of nitrogens with two attached hydrogens (primary N) is 1. The number of benzene rings is 2. The van der Waals surface area contributed by atoms with Gasteiger partial charge in [0.1, 0.15) is 0 Å². The van der Waals surface area contributed by atoms with Crippen molar-refractivity contribution in [2.75, 3.05) is 0 Å². The summed E-state index contributed by atoms with van der Waals surface area (Å²) in [5.74, 6) is 0. The topological polar surface area (TPSA) is 43.0 Å². The van der Waals surface area contributed by atoms with Crippen molar-refractivity contribution in [3.63, 3.8) is 0 Å². The Morgan fingerprint density at radius 1 is 0.962 bits per heavy atom. The first-order valence-electron chi connectivity index (χ1n) is 9.91. The van der Waals surface area contributed by atoms with Gasteiger partial charge in [0.25, 0.3) is 0 Å². The molecule has 1 aliphatic rings. The predicted octanol–water partition coefficient (Wildman–Crippen LogP) is 4.29. The zero-order valence-electron chi connectivity index (χ0n) is 15.7. The van der Waals surface area contributed by atoms with E-state index in [0.717, 1.165) is 19.6 Å². The minimum Gasteiger partial charge on any atom is -0.345 e. The Morgan fingerprint density at radius 2 is 1.73 bits per heavy atom. The van der Waals surface area contributed by atoms with E-state index in [-0.39, 0.29) is 0 Å². The van der Waals surface area contributed by atoms with Crippen LogP contribution in [0.3, 0.4) is 0 Å². The Morgan fingerprint density at radius 3 is 2.54 bits per heavy atom. The lowest BCUT2D eigenvalue weighted by molar-refractivity contribution is 0.630. The number of aromatic nitrogens is 1. The van der Waals surface area contributed by atoms with E-state index in [0.29, 0.717) is 6.54 Å². The first-order chi connectivity index (χ1) is 12.8. The van der Waals surface area contributed by atoms with Gasteiger partial charge in [-0.25, -0.2) is 0 Å². The maximum atomic E-state index is 5.74. The van der Waals surface area contributed by atoms with Gasteiger partial charge in [-0.1, -0.05) is 30.3 Å². The number of fused-ring (bicyclic) bond motifs is 3. The summed E-state index contributed by atoms with van der Waals surface area (Å²) < 4.78 is 2.53. The average molecular weight is 348 g/mol. The van der Waals surface area contributed by atoms with Crippen LogP contribution in [0, 0.1) is 0 Å². The standard InChI is InChI=1S/C23H29N3/c1-2-26-22-9-4-3-8-20(22)21-13-19(10-11-23(21)26)16-25-15-18-7-5-6-17(12-18)14-24/h5-7,10-13,25H,2-4,8-9,14-16,24H2,1H3. The first-order valence-corrected chi connectivity index (χ1v) is 9.91. The van der Waals surface area contributed by atoms with Crippen molar-refractivity contribution in [3.8, 4) is 0 Å². The van der Waals surface area contributed by atoms with Crippen LogP contribution in [-0.4, -0.2) is 4.57 Å². The number of hydrogen-bond acceptors (Lipinski definition) is 2. The molecule has 0 radical (unpaired) electrons. The number of nitrogens with zero attached hydrogens (tertiary/aromatic N) is 1. The Bertz CT molecular complexity index is 907. The number of aryl methyl sites for hydroxylation is 2. The second kappa shape index (κ2) is 7.65. The van der Waals surface area contributed by atoms with Crippen molar-refractivity contribution in [2.45, 2.75) is 58.8 Å². The summed E-state index contributed by atoms with van der Waals surface area (Å²) in [5.41, 5.74) is 14.2. The van der Waals surface area contributed by atoms with Gasteiger partial charge in [-0.3, -0.25) is 0 Å². The minimum absolute atomic E-state index is 0.601. The van der Waals surface area contributed by atoms with Crippen LogP contribution in [0.25, 0.3) is 10.9 Å². The van der Waals surface area contributed by atoms with Crippen LogP contribution in [0.15, 0.2) is 42.5 Å². The van der Waals surface area contributed by atoms with Crippen LogP contribution in [0.1, 0.15) is 47.7 Å². The quantitative estimate of drug-likeness (QED) is 0.698. The summed E-state index contributed by atoms with van der Waals surface area (Å²) >= 11 is 0. The van der Waals surface area contributed by atoms with E-state index >= 15 is 0 Å². The molecule has 3 aromatic rings. The molecule has 0 atom stereocenters. The zero-order valence-corrected chi connectivity index (χ0v) is 15.7. The second-order valence-corrected chi connectivity index (χ2v) is 7.36. The van der Waals surface area contributed by atoms with E-state index in [2.05, 4.69) is 59.3 Å². The van der Waals surface area contributed by atoms with Crippen LogP contribution in [-0.2, 0) is 39.0 Å². The lowest BCUT2D eigenvalue weighted by Gasteiger charge is -2.14. The minimum atomic E-state index is 0.601. The number of hydrogen-bond donors (Lipinski definition) is 2. The van der Waals surface area contributed by atoms with Gasteiger partial charge >= 0.3 is 0 Å². The van der Waals surface area contributed by atoms with Crippen molar-refractivity contribution in [1.82, 2.24) is 9.88 Å². The smallest absolute Gasteiger partial charge is 0.0485 e. The highest BCUT2D eigenvalue weighted by molar-refractivity contribution is 5.86. The van der Waals surface area contributed by atoms with Crippen molar-refractivity contribution in [3.05, 3.63) is 70.4 Å². The van der Waals surface area contributed by atoms with Crippen molar-refractivity contribution < 1.29 is 0 Å².